The third-order valence-electron chi connectivity index (χ3n) is 5.71. The molecule has 2 N–H and O–H groups in total. The van der Waals surface area contributed by atoms with E-state index in [1.807, 2.05) is 52.4 Å². The number of hydrogen-bond acceptors (Lipinski definition) is 4. The van der Waals surface area contributed by atoms with E-state index in [-0.39, 0.29) is 24.3 Å². The van der Waals surface area contributed by atoms with E-state index < -0.39 is 5.54 Å². The molecule has 1 aromatic carbocycles. The maximum Gasteiger partial charge on any atom is 0.271 e. The first-order valence-corrected chi connectivity index (χ1v) is 10.7. The fraction of sp³-hybridized carbons (Fsp3) is 0.318. The second-order valence-electron chi connectivity index (χ2n) is 7.67. The van der Waals surface area contributed by atoms with Gasteiger partial charge in [-0.2, -0.15) is 0 Å². The predicted octanol–water partition coefficient (Wildman–Crippen LogP) is 2.02. The minimum atomic E-state index is -1.09. The molecule has 0 spiro atoms. The number of likely N-dealkylation sites (N-methyl/N-ethyl adjacent to an activating group) is 1. The summed E-state index contributed by atoms with van der Waals surface area (Å²) in [5, 5.41) is 8.48. The number of aromatic nitrogens is 1. The Kier molecular flexibility index (Phi) is 5.34. The van der Waals surface area contributed by atoms with E-state index in [0.717, 1.165) is 17.3 Å². The van der Waals surface area contributed by atoms with Gasteiger partial charge in [-0.05, 0) is 36.9 Å². The Hall–Kier alpha value is -3.13. The summed E-state index contributed by atoms with van der Waals surface area (Å²) in [5.41, 5.74) is 0.387. The van der Waals surface area contributed by atoms with Crippen LogP contribution in [0.5, 0.6) is 0 Å². The van der Waals surface area contributed by atoms with Crippen molar-refractivity contribution in [2.75, 3.05) is 20.1 Å². The van der Waals surface area contributed by atoms with Crippen LogP contribution in [0.2, 0.25) is 0 Å². The molecule has 156 valence electrons. The highest BCUT2D eigenvalue weighted by atomic mass is 32.1. The molecule has 0 fully saturated rings. The lowest BCUT2D eigenvalue weighted by Gasteiger charge is -2.41. The number of para-hydroxylation sites is 1. The molecule has 1 aliphatic heterocycles. The molecule has 8 heteroatoms. The van der Waals surface area contributed by atoms with E-state index >= 15 is 0 Å². The van der Waals surface area contributed by atoms with Gasteiger partial charge in [0.2, 0.25) is 11.8 Å². The highest BCUT2D eigenvalue weighted by Gasteiger charge is 2.45. The summed E-state index contributed by atoms with van der Waals surface area (Å²) in [6, 6.07) is 13.6. The molecule has 7 nitrogen and oxygen atoms in total. The van der Waals surface area contributed by atoms with Gasteiger partial charge in [-0.1, -0.05) is 24.3 Å². The standard InChI is InChI=1S/C22H24N4O3S/c1-22(21(29)24-13-19(27)23-10-9-16-7-5-11-30-16)14-26-17-8-4-3-6-15(17)12-18(26)20(28)25(22)2/h3-8,11-12H,9-10,13-14H2,1-2H3,(H,23,27)(H,24,29). The van der Waals surface area contributed by atoms with Gasteiger partial charge in [-0.3, -0.25) is 14.4 Å². The van der Waals surface area contributed by atoms with Crippen LogP contribution in [0, 0.1) is 0 Å². The van der Waals surface area contributed by atoms with E-state index in [0.29, 0.717) is 18.8 Å². The molecule has 1 aliphatic rings. The summed E-state index contributed by atoms with van der Waals surface area (Å²) < 4.78 is 1.89. The fourth-order valence-electron chi connectivity index (χ4n) is 3.79. The van der Waals surface area contributed by atoms with Crippen molar-refractivity contribution in [3.63, 3.8) is 0 Å². The van der Waals surface area contributed by atoms with Gasteiger partial charge >= 0.3 is 0 Å². The third-order valence-corrected chi connectivity index (χ3v) is 6.65. The van der Waals surface area contributed by atoms with Crippen LogP contribution in [0.1, 0.15) is 22.3 Å². The Bertz CT molecular complexity index is 1100. The molecule has 2 aromatic heterocycles. The zero-order valence-electron chi connectivity index (χ0n) is 17.0. The van der Waals surface area contributed by atoms with Crippen LogP contribution in [0.15, 0.2) is 47.8 Å². The van der Waals surface area contributed by atoms with Crippen molar-refractivity contribution in [1.82, 2.24) is 20.1 Å². The quantitative estimate of drug-likeness (QED) is 0.635. The minimum Gasteiger partial charge on any atom is -0.354 e. The second kappa shape index (κ2) is 7.95. The molecule has 0 bridgehead atoms. The first kappa shape index (κ1) is 20.2. The van der Waals surface area contributed by atoms with Gasteiger partial charge < -0.3 is 20.1 Å². The SMILES string of the molecule is CN1C(=O)c2cc3ccccc3n2CC1(C)C(=O)NCC(=O)NCCc1cccs1. The average molecular weight is 425 g/mol. The van der Waals surface area contributed by atoms with Crippen molar-refractivity contribution in [2.24, 2.45) is 0 Å². The van der Waals surface area contributed by atoms with E-state index in [1.54, 1.807) is 25.3 Å². The maximum absolute atomic E-state index is 13.0. The number of amides is 3. The second-order valence-corrected chi connectivity index (χ2v) is 8.71. The smallest absolute Gasteiger partial charge is 0.271 e. The highest BCUT2D eigenvalue weighted by molar-refractivity contribution is 7.09. The molecule has 30 heavy (non-hydrogen) atoms. The Morgan fingerprint density at radius 1 is 1.17 bits per heavy atom. The molecule has 0 saturated carbocycles. The first-order chi connectivity index (χ1) is 14.4. The van der Waals surface area contributed by atoms with Gasteiger partial charge in [0, 0.05) is 29.4 Å². The van der Waals surface area contributed by atoms with Gasteiger partial charge in [-0.15, -0.1) is 11.3 Å². The lowest BCUT2D eigenvalue weighted by Crippen LogP contribution is -2.63. The number of carbonyl (C=O) groups excluding carboxylic acids is 3. The van der Waals surface area contributed by atoms with Crippen LogP contribution in [0.3, 0.4) is 0 Å². The Labute approximate surface area is 178 Å². The number of nitrogens with zero attached hydrogens (tertiary/aromatic N) is 2. The number of fused-ring (bicyclic) bond motifs is 3. The molecule has 3 amide bonds. The molecular formula is C22H24N4O3S. The maximum atomic E-state index is 13.0. The molecule has 1 atom stereocenters. The zero-order valence-corrected chi connectivity index (χ0v) is 17.8. The summed E-state index contributed by atoms with van der Waals surface area (Å²) in [4.78, 5) is 40.8. The average Bonchev–Trinajstić information content (AvgIpc) is 3.38. The number of thiophene rings is 1. The zero-order chi connectivity index (χ0) is 21.3. The van der Waals surface area contributed by atoms with Crippen molar-refractivity contribution in [2.45, 2.75) is 25.4 Å². The van der Waals surface area contributed by atoms with Crippen LogP contribution < -0.4 is 10.6 Å². The summed E-state index contributed by atoms with van der Waals surface area (Å²) in [7, 11) is 1.63. The molecule has 0 saturated heterocycles. The van der Waals surface area contributed by atoms with Crippen LogP contribution in [0.25, 0.3) is 10.9 Å². The molecule has 3 aromatic rings. The number of carbonyl (C=O) groups is 3. The Balaban J connectivity index is 1.41. The molecule has 3 heterocycles. The lowest BCUT2D eigenvalue weighted by molar-refractivity contribution is -0.134. The first-order valence-electron chi connectivity index (χ1n) is 9.84. The van der Waals surface area contributed by atoms with Crippen LogP contribution in [0.4, 0.5) is 0 Å². The lowest BCUT2D eigenvalue weighted by atomic mass is 9.95. The van der Waals surface area contributed by atoms with E-state index in [4.69, 9.17) is 0 Å². The third kappa shape index (κ3) is 3.59. The summed E-state index contributed by atoms with van der Waals surface area (Å²) in [6.07, 6.45) is 0.760. The van der Waals surface area contributed by atoms with Crippen molar-refractivity contribution < 1.29 is 14.4 Å². The van der Waals surface area contributed by atoms with Gasteiger partial charge in [0.25, 0.3) is 5.91 Å². The van der Waals surface area contributed by atoms with Gasteiger partial charge in [-0.25, -0.2) is 0 Å². The summed E-state index contributed by atoms with van der Waals surface area (Å²) in [6.45, 7) is 2.44. The van der Waals surface area contributed by atoms with E-state index in [9.17, 15) is 14.4 Å². The van der Waals surface area contributed by atoms with Crippen molar-refractivity contribution in [3.05, 3.63) is 58.4 Å². The van der Waals surface area contributed by atoms with E-state index in [1.165, 1.54) is 9.78 Å². The molecule has 4 rings (SSSR count). The summed E-state index contributed by atoms with van der Waals surface area (Å²) >= 11 is 1.65. The van der Waals surface area contributed by atoms with Crippen molar-refractivity contribution >= 4 is 40.0 Å². The number of rotatable bonds is 6. The van der Waals surface area contributed by atoms with E-state index in [2.05, 4.69) is 10.6 Å². The molecule has 0 radical (unpaired) electrons. The predicted molar refractivity (Wildman–Crippen MR) is 116 cm³/mol. The van der Waals surface area contributed by atoms with Crippen LogP contribution in [-0.2, 0) is 22.6 Å². The van der Waals surface area contributed by atoms with Crippen molar-refractivity contribution in [3.8, 4) is 0 Å². The molecule has 0 aliphatic carbocycles. The molecule has 1 unspecified atom stereocenters. The summed E-state index contributed by atoms with van der Waals surface area (Å²) in [5.74, 6) is -0.814. The monoisotopic (exact) mass is 424 g/mol. The minimum absolute atomic E-state index is 0.125. The van der Waals surface area contributed by atoms with Crippen LogP contribution in [-0.4, -0.2) is 52.9 Å². The Morgan fingerprint density at radius 2 is 1.97 bits per heavy atom. The van der Waals surface area contributed by atoms with Gasteiger partial charge in [0.1, 0.15) is 11.2 Å². The Morgan fingerprint density at radius 3 is 2.73 bits per heavy atom. The van der Waals surface area contributed by atoms with Gasteiger partial charge in [0.05, 0.1) is 13.1 Å². The topological polar surface area (TPSA) is 83.4 Å². The largest absolute Gasteiger partial charge is 0.354 e. The number of hydrogen-bond donors (Lipinski definition) is 2. The number of benzene rings is 1. The number of nitrogens with one attached hydrogen (secondary N) is 2. The normalized spacial score (nSPS) is 18.3. The fourth-order valence-corrected chi connectivity index (χ4v) is 4.49. The van der Waals surface area contributed by atoms with Crippen molar-refractivity contribution in [1.29, 1.82) is 0 Å². The molecular weight excluding hydrogens is 400 g/mol. The van der Waals surface area contributed by atoms with Gasteiger partial charge in [0.15, 0.2) is 0 Å². The highest BCUT2D eigenvalue weighted by Crippen LogP contribution is 2.31. The van der Waals surface area contributed by atoms with Crippen LogP contribution >= 0.6 is 11.3 Å².